The Labute approximate surface area is 185 Å². The normalized spacial score (nSPS) is 20.0. The lowest BCUT2D eigenvalue weighted by Crippen LogP contribution is -2.71. The number of rotatable bonds is 5. The standard InChI is InChI=1S/C26H20N2O4/c1-32-19-14-12-18(13-15-19)27-22(16-11-17-7-3-2-4-8-17)23(26(27)31)28-24(29)20-9-5-6-10-21(20)25(28)30/h2-16,22-23H,1H3/b16-11+. The molecule has 6 heteroatoms. The van der Waals surface area contributed by atoms with Crippen molar-refractivity contribution in [2.24, 2.45) is 0 Å². The second kappa shape index (κ2) is 7.81. The van der Waals surface area contributed by atoms with Crippen LogP contribution in [0.4, 0.5) is 5.69 Å². The molecular formula is C26H20N2O4. The van der Waals surface area contributed by atoms with Gasteiger partial charge < -0.3 is 9.64 Å². The van der Waals surface area contributed by atoms with Gasteiger partial charge in [0.1, 0.15) is 11.8 Å². The van der Waals surface area contributed by atoms with E-state index in [1.54, 1.807) is 60.5 Å². The molecule has 158 valence electrons. The summed E-state index contributed by atoms with van der Waals surface area (Å²) in [6.07, 6.45) is 3.77. The average Bonchev–Trinajstić information content (AvgIpc) is 3.08. The summed E-state index contributed by atoms with van der Waals surface area (Å²) in [4.78, 5) is 42.0. The van der Waals surface area contributed by atoms with Gasteiger partial charge in [-0.1, -0.05) is 54.6 Å². The van der Waals surface area contributed by atoms with Gasteiger partial charge in [0.15, 0.2) is 0 Å². The number of imide groups is 1. The van der Waals surface area contributed by atoms with Crippen molar-refractivity contribution in [2.45, 2.75) is 12.1 Å². The highest BCUT2D eigenvalue weighted by Crippen LogP contribution is 2.37. The first-order valence-corrected chi connectivity index (χ1v) is 10.3. The first-order valence-electron chi connectivity index (χ1n) is 10.3. The molecule has 0 bridgehead atoms. The molecule has 0 saturated carbocycles. The van der Waals surface area contributed by atoms with E-state index in [1.807, 2.05) is 42.5 Å². The zero-order chi connectivity index (χ0) is 22.2. The van der Waals surface area contributed by atoms with Crippen LogP contribution in [0.1, 0.15) is 26.3 Å². The van der Waals surface area contributed by atoms with Crippen molar-refractivity contribution >= 4 is 29.5 Å². The number of amides is 3. The number of carbonyl (C=O) groups excluding carboxylic acids is 3. The summed E-state index contributed by atoms with van der Waals surface area (Å²) < 4.78 is 5.21. The summed E-state index contributed by atoms with van der Waals surface area (Å²) in [5.41, 5.74) is 2.30. The van der Waals surface area contributed by atoms with Crippen LogP contribution in [0.15, 0.2) is 84.9 Å². The third kappa shape index (κ3) is 3.08. The van der Waals surface area contributed by atoms with Gasteiger partial charge in [0, 0.05) is 5.69 Å². The number of anilines is 1. The molecule has 3 aromatic rings. The van der Waals surface area contributed by atoms with E-state index in [-0.39, 0.29) is 5.91 Å². The highest BCUT2D eigenvalue weighted by atomic mass is 16.5. The second-order valence-corrected chi connectivity index (χ2v) is 7.64. The fraction of sp³-hybridized carbons (Fsp3) is 0.115. The van der Waals surface area contributed by atoms with Gasteiger partial charge in [-0.15, -0.1) is 0 Å². The lowest BCUT2D eigenvalue weighted by Gasteiger charge is -2.48. The molecule has 0 aromatic heterocycles. The van der Waals surface area contributed by atoms with Gasteiger partial charge in [-0.2, -0.15) is 0 Å². The predicted octanol–water partition coefficient (Wildman–Crippen LogP) is 3.79. The molecule has 3 amide bonds. The molecule has 2 unspecified atom stereocenters. The number of hydrogen-bond donors (Lipinski definition) is 0. The largest absolute Gasteiger partial charge is 0.497 e. The van der Waals surface area contributed by atoms with E-state index < -0.39 is 23.9 Å². The van der Waals surface area contributed by atoms with Crippen molar-refractivity contribution in [3.05, 3.63) is 102 Å². The smallest absolute Gasteiger partial charge is 0.262 e. The van der Waals surface area contributed by atoms with E-state index in [1.165, 1.54) is 0 Å². The number of benzene rings is 3. The second-order valence-electron chi connectivity index (χ2n) is 7.64. The summed E-state index contributed by atoms with van der Waals surface area (Å²) in [6.45, 7) is 0. The van der Waals surface area contributed by atoms with Crippen LogP contribution >= 0.6 is 0 Å². The molecular weight excluding hydrogens is 404 g/mol. The number of β-lactam (4-membered cyclic amide) rings is 1. The monoisotopic (exact) mass is 424 g/mol. The Kier molecular flexibility index (Phi) is 4.82. The Morgan fingerprint density at radius 2 is 1.34 bits per heavy atom. The van der Waals surface area contributed by atoms with Gasteiger partial charge in [0.25, 0.3) is 17.7 Å². The minimum absolute atomic E-state index is 0.299. The minimum Gasteiger partial charge on any atom is -0.497 e. The minimum atomic E-state index is -0.899. The molecule has 32 heavy (non-hydrogen) atoms. The molecule has 5 rings (SSSR count). The SMILES string of the molecule is COc1ccc(N2C(=O)C(N3C(=O)c4ccccc4C3=O)C2/C=C/c2ccccc2)cc1. The fourth-order valence-electron chi connectivity index (χ4n) is 4.23. The Hall–Kier alpha value is -4.19. The molecule has 2 heterocycles. The van der Waals surface area contributed by atoms with Gasteiger partial charge in [0.2, 0.25) is 0 Å². The molecule has 0 radical (unpaired) electrons. The maximum absolute atomic E-state index is 13.3. The van der Waals surface area contributed by atoms with Gasteiger partial charge in [-0.25, -0.2) is 0 Å². The zero-order valence-corrected chi connectivity index (χ0v) is 17.3. The van der Waals surface area contributed by atoms with Crippen LogP contribution in [-0.2, 0) is 4.79 Å². The van der Waals surface area contributed by atoms with Crippen molar-refractivity contribution < 1.29 is 19.1 Å². The quantitative estimate of drug-likeness (QED) is 0.462. The van der Waals surface area contributed by atoms with Crippen molar-refractivity contribution in [1.82, 2.24) is 4.90 Å². The van der Waals surface area contributed by atoms with Crippen molar-refractivity contribution in [3.63, 3.8) is 0 Å². The van der Waals surface area contributed by atoms with Crippen LogP contribution in [0.5, 0.6) is 5.75 Å². The van der Waals surface area contributed by atoms with E-state index in [0.717, 1.165) is 10.5 Å². The molecule has 6 nitrogen and oxygen atoms in total. The molecule has 1 fully saturated rings. The summed E-state index contributed by atoms with van der Waals surface area (Å²) in [7, 11) is 1.58. The molecule has 2 atom stereocenters. The number of methoxy groups -OCH3 is 1. The van der Waals surface area contributed by atoms with Crippen LogP contribution < -0.4 is 9.64 Å². The topological polar surface area (TPSA) is 66.9 Å². The molecule has 0 N–H and O–H groups in total. The fourth-order valence-corrected chi connectivity index (χ4v) is 4.23. The van der Waals surface area contributed by atoms with Crippen molar-refractivity contribution in [2.75, 3.05) is 12.0 Å². The number of hydrogen-bond acceptors (Lipinski definition) is 4. The highest BCUT2D eigenvalue weighted by molar-refractivity contribution is 6.24. The molecule has 2 aliphatic rings. The summed E-state index contributed by atoms with van der Waals surface area (Å²) >= 11 is 0. The lowest BCUT2D eigenvalue weighted by molar-refractivity contribution is -0.128. The van der Waals surface area contributed by atoms with Crippen molar-refractivity contribution in [1.29, 1.82) is 0 Å². The summed E-state index contributed by atoms with van der Waals surface area (Å²) in [5, 5.41) is 0. The summed E-state index contributed by atoms with van der Waals surface area (Å²) in [6, 6.07) is 22.1. The Balaban J connectivity index is 1.51. The number of carbonyl (C=O) groups is 3. The van der Waals surface area contributed by atoms with Gasteiger partial charge in [0.05, 0.1) is 24.3 Å². The maximum atomic E-state index is 13.3. The number of nitrogens with zero attached hydrogens (tertiary/aromatic N) is 2. The van der Waals surface area contributed by atoms with E-state index >= 15 is 0 Å². The molecule has 3 aromatic carbocycles. The van der Waals surface area contributed by atoms with E-state index in [0.29, 0.717) is 22.6 Å². The predicted molar refractivity (Wildman–Crippen MR) is 120 cm³/mol. The third-order valence-corrected chi connectivity index (χ3v) is 5.85. The van der Waals surface area contributed by atoms with Gasteiger partial charge in [-0.3, -0.25) is 19.3 Å². The van der Waals surface area contributed by atoms with Crippen LogP contribution in [0.3, 0.4) is 0 Å². The number of ether oxygens (including phenoxy) is 1. The number of fused-ring (bicyclic) bond motifs is 1. The zero-order valence-electron chi connectivity index (χ0n) is 17.3. The first-order chi connectivity index (χ1) is 15.6. The Morgan fingerprint density at radius 3 is 1.94 bits per heavy atom. The van der Waals surface area contributed by atoms with Gasteiger partial charge >= 0.3 is 0 Å². The molecule has 1 saturated heterocycles. The van der Waals surface area contributed by atoms with Crippen LogP contribution in [-0.4, -0.2) is 41.8 Å². The lowest BCUT2D eigenvalue weighted by atomic mass is 9.91. The maximum Gasteiger partial charge on any atom is 0.262 e. The van der Waals surface area contributed by atoms with Crippen molar-refractivity contribution in [3.8, 4) is 5.75 Å². The summed E-state index contributed by atoms with van der Waals surface area (Å²) in [5.74, 6) is -0.490. The Bertz CT molecular complexity index is 1200. The Morgan fingerprint density at radius 1 is 0.750 bits per heavy atom. The molecule has 2 aliphatic heterocycles. The third-order valence-electron chi connectivity index (χ3n) is 5.85. The molecule has 0 aliphatic carbocycles. The first kappa shape index (κ1) is 19.8. The highest BCUT2D eigenvalue weighted by Gasteiger charge is 2.55. The molecule has 0 spiro atoms. The average molecular weight is 424 g/mol. The van der Waals surface area contributed by atoms with E-state index in [4.69, 9.17) is 4.74 Å². The van der Waals surface area contributed by atoms with E-state index in [2.05, 4.69) is 0 Å². The van der Waals surface area contributed by atoms with Crippen LogP contribution in [0.25, 0.3) is 6.08 Å². The van der Waals surface area contributed by atoms with Crippen LogP contribution in [0.2, 0.25) is 0 Å². The van der Waals surface area contributed by atoms with E-state index in [9.17, 15) is 14.4 Å². The van der Waals surface area contributed by atoms with Crippen LogP contribution in [0, 0.1) is 0 Å². The van der Waals surface area contributed by atoms with Gasteiger partial charge in [-0.05, 0) is 42.0 Å².